The predicted molar refractivity (Wildman–Crippen MR) is 138 cm³/mol. The molecule has 35 heavy (non-hydrogen) atoms. The maximum atomic E-state index is 13.9. The number of rotatable bonds is 4. The molecule has 0 saturated heterocycles. The van der Waals surface area contributed by atoms with Crippen molar-refractivity contribution in [2.45, 2.75) is 77.7 Å². The van der Waals surface area contributed by atoms with Crippen molar-refractivity contribution in [2.75, 3.05) is 27.5 Å². The summed E-state index contributed by atoms with van der Waals surface area (Å²) in [5, 5.41) is 0. The molecule has 2 atom stereocenters. The molecule has 0 N–H and O–H groups in total. The highest BCUT2D eigenvalue weighted by molar-refractivity contribution is 5.98. The van der Waals surface area contributed by atoms with Crippen LogP contribution in [-0.2, 0) is 17.3 Å². The van der Waals surface area contributed by atoms with Gasteiger partial charge in [-0.25, -0.2) is 0 Å². The van der Waals surface area contributed by atoms with Crippen LogP contribution in [0.2, 0.25) is 0 Å². The number of methoxy groups -OCH3 is 1. The van der Waals surface area contributed by atoms with E-state index in [9.17, 15) is 4.79 Å². The maximum absolute atomic E-state index is 13.9. The average Bonchev–Trinajstić information content (AvgIpc) is 3.26. The van der Waals surface area contributed by atoms with Gasteiger partial charge >= 0.3 is 0 Å². The lowest BCUT2D eigenvalue weighted by Gasteiger charge is -2.47. The molecule has 188 valence electrons. The van der Waals surface area contributed by atoms with Crippen molar-refractivity contribution in [1.29, 1.82) is 0 Å². The number of ketones is 1. The van der Waals surface area contributed by atoms with Gasteiger partial charge in [-0.05, 0) is 77.9 Å². The monoisotopic (exact) mass is 477 g/mol. The fourth-order valence-corrected chi connectivity index (χ4v) is 6.57. The summed E-state index contributed by atoms with van der Waals surface area (Å²) in [7, 11) is 3.77. The van der Waals surface area contributed by atoms with E-state index in [1.54, 1.807) is 7.11 Å². The molecule has 0 radical (unpaired) electrons. The first-order chi connectivity index (χ1) is 16.5. The summed E-state index contributed by atoms with van der Waals surface area (Å²) < 4.78 is 17.2. The van der Waals surface area contributed by atoms with Crippen LogP contribution in [0.4, 0.5) is 0 Å². The molecule has 2 aromatic rings. The Hall–Kier alpha value is -2.53. The van der Waals surface area contributed by atoms with E-state index in [0.29, 0.717) is 23.8 Å². The summed E-state index contributed by atoms with van der Waals surface area (Å²) in [6, 6.07) is 6.49. The van der Waals surface area contributed by atoms with E-state index < -0.39 is 0 Å². The molecule has 1 aliphatic carbocycles. The molecule has 5 rings (SSSR count). The number of hydrogen-bond acceptors (Lipinski definition) is 5. The zero-order valence-corrected chi connectivity index (χ0v) is 22.5. The number of nitrogens with zero attached hydrogens (tertiary/aromatic N) is 1. The van der Waals surface area contributed by atoms with Crippen molar-refractivity contribution in [3.63, 3.8) is 0 Å². The van der Waals surface area contributed by atoms with Gasteiger partial charge in [-0.3, -0.25) is 9.69 Å². The van der Waals surface area contributed by atoms with E-state index >= 15 is 0 Å². The highest BCUT2D eigenvalue weighted by Gasteiger charge is 2.43. The van der Waals surface area contributed by atoms with Gasteiger partial charge in [-0.1, -0.05) is 40.7 Å². The van der Waals surface area contributed by atoms with Crippen molar-refractivity contribution in [1.82, 2.24) is 4.90 Å². The maximum Gasteiger partial charge on any atom is 0.231 e. The second kappa shape index (κ2) is 8.26. The molecule has 0 unspecified atom stereocenters. The second-order valence-corrected chi connectivity index (χ2v) is 12.0. The van der Waals surface area contributed by atoms with E-state index in [1.807, 2.05) is 0 Å². The Balaban J connectivity index is 1.55. The first-order valence-electron chi connectivity index (χ1n) is 12.8. The zero-order chi connectivity index (χ0) is 25.3. The summed E-state index contributed by atoms with van der Waals surface area (Å²) in [6.45, 7) is 14.9. The quantitative estimate of drug-likeness (QED) is 0.496. The van der Waals surface area contributed by atoms with Crippen molar-refractivity contribution < 1.29 is 19.0 Å². The van der Waals surface area contributed by atoms with Crippen LogP contribution in [0.5, 0.6) is 17.2 Å². The minimum absolute atomic E-state index is 0.0440. The molecule has 5 heteroatoms. The lowest BCUT2D eigenvalue weighted by Crippen LogP contribution is -2.40. The largest absolute Gasteiger partial charge is 0.492 e. The number of benzene rings is 2. The molecule has 2 aromatic carbocycles. The number of likely N-dealkylation sites (N-methyl/N-ethyl adjacent to an activating group) is 1. The first kappa shape index (κ1) is 24.2. The number of ether oxygens (including phenoxy) is 3. The van der Waals surface area contributed by atoms with Crippen molar-refractivity contribution in [3.8, 4) is 17.2 Å². The van der Waals surface area contributed by atoms with Crippen molar-refractivity contribution in [3.05, 3.63) is 51.6 Å². The summed E-state index contributed by atoms with van der Waals surface area (Å²) >= 11 is 0. The molecule has 0 aromatic heterocycles. The van der Waals surface area contributed by atoms with Crippen LogP contribution in [0.1, 0.15) is 91.7 Å². The second-order valence-electron chi connectivity index (χ2n) is 12.0. The Morgan fingerprint density at radius 2 is 1.89 bits per heavy atom. The van der Waals surface area contributed by atoms with Crippen molar-refractivity contribution in [2.24, 2.45) is 5.92 Å². The molecular formula is C30H39NO4. The number of carbonyl (C=O) groups excluding carboxylic acids is 1. The summed E-state index contributed by atoms with van der Waals surface area (Å²) in [4.78, 5) is 16.2. The Bertz CT molecular complexity index is 1200. The lowest BCUT2D eigenvalue weighted by atomic mass is 9.58. The van der Waals surface area contributed by atoms with Gasteiger partial charge in [0, 0.05) is 30.1 Å². The molecule has 0 spiro atoms. The molecule has 0 fully saturated rings. The van der Waals surface area contributed by atoms with Gasteiger partial charge in [0.2, 0.25) is 12.5 Å². The normalized spacial score (nSPS) is 24.0. The fourth-order valence-electron chi connectivity index (χ4n) is 6.57. The highest BCUT2D eigenvalue weighted by atomic mass is 16.7. The molecule has 5 nitrogen and oxygen atoms in total. The fraction of sp³-hybridized carbons (Fsp3) is 0.567. The van der Waals surface area contributed by atoms with Crippen molar-refractivity contribution >= 4 is 5.78 Å². The standard InChI is InChI=1S/C30H39NO4/c1-17-11-22-21(29(3,4)15-18(2)30(22,5)6)13-20(17)24(32)14-23-26-19(9-10-31(23)7)12-25-27(28(26)33-8)35-16-34-25/h11-13,18,23H,9-10,14-16H2,1-8H3/t18-,23+/m0/s1. The molecule has 0 bridgehead atoms. The minimum Gasteiger partial charge on any atom is -0.492 e. The van der Waals surface area contributed by atoms with Crippen LogP contribution in [-0.4, -0.2) is 38.2 Å². The minimum atomic E-state index is -0.0735. The van der Waals surface area contributed by atoms with Gasteiger partial charge in [0.15, 0.2) is 17.3 Å². The summed E-state index contributed by atoms with van der Waals surface area (Å²) in [5.74, 6) is 2.86. The third-order valence-electron chi connectivity index (χ3n) is 9.06. The molecular weight excluding hydrogens is 438 g/mol. The van der Waals surface area contributed by atoms with E-state index in [1.165, 1.54) is 16.7 Å². The molecule has 0 amide bonds. The Labute approximate surface area is 209 Å². The SMILES string of the molecule is COc1c2c(cc3c1[C@@H](CC(=O)c1cc4c(cc1C)C(C)(C)[C@@H](C)CC4(C)C)N(C)CC3)OCO2. The molecule has 2 heterocycles. The predicted octanol–water partition coefficient (Wildman–Crippen LogP) is 6.13. The van der Waals surface area contributed by atoms with Gasteiger partial charge in [0.1, 0.15) is 0 Å². The van der Waals surface area contributed by atoms with Gasteiger partial charge in [0.25, 0.3) is 0 Å². The lowest BCUT2D eigenvalue weighted by molar-refractivity contribution is 0.0924. The van der Waals surface area contributed by atoms with E-state index in [2.05, 4.69) is 71.7 Å². The Morgan fingerprint density at radius 3 is 2.60 bits per heavy atom. The molecule has 3 aliphatic rings. The zero-order valence-electron chi connectivity index (χ0n) is 22.5. The number of Topliss-reactive ketones (excluding diaryl/α,β-unsaturated/α-hetero) is 1. The summed E-state index contributed by atoms with van der Waals surface area (Å²) in [6.07, 6.45) is 2.41. The smallest absolute Gasteiger partial charge is 0.231 e. The van der Waals surface area contributed by atoms with Crippen LogP contribution in [0.15, 0.2) is 18.2 Å². The average molecular weight is 478 g/mol. The number of hydrogen-bond donors (Lipinski definition) is 0. The first-order valence-corrected chi connectivity index (χ1v) is 12.8. The van der Waals surface area contributed by atoms with Gasteiger partial charge in [0.05, 0.1) is 7.11 Å². The number of aryl methyl sites for hydroxylation is 1. The van der Waals surface area contributed by atoms with E-state index in [-0.39, 0.29) is 29.4 Å². The Kier molecular flexibility index (Phi) is 5.71. The highest BCUT2D eigenvalue weighted by Crippen LogP contribution is 2.51. The number of fused-ring (bicyclic) bond motifs is 3. The third-order valence-corrected chi connectivity index (χ3v) is 9.06. The van der Waals surface area contributed by atoms with Crippen LogP contribution >= 0.6 is 0 Å². The molecule has 2 aliphatic heterocycles. The van der Waals surface area contributed by atoms with E-state index in [4.69, 9.17) is 14.2 Å². The number of carbonyl (C=O) groups is 1. The van der Waals surface area contributed by atoms with Crippen LogP contribution < -0.4 is 14.2 Å². The van der Waals surface area contributed by atoms with Crippen LogP contribution in [0.25, 0.3) is 0 Å². The van der Waals surface area contributed by atoms with E-state index in [0.717, 1.165) is 41.8 Å². The third kappa shape index (κ3) is 3.74. The van der Waals surface area contributed by atoms with Gasteiger partial charge in [-0.15, -0.1) is 0 Å². The molecule has 0 saturated carbocycles. The Morgan fingerprint density at radius 1 is 1.14 bits per heavy atom. The van der Waals surface area contributed by atoms with Gasteiger partial charge < -0.3 is 14.2 Å². The van der Waals surface area contributed by atoms with Gasteiger partial charge in [-0.2, -0.15) is 0 Å². The van der Waals surface area contributed by atoms with Crippen LogP contribution in [0.3, 0.4) is 0 Å². The summed E-state index contributed by atoms with van der Waals surface area (Å²) in [5.41, 5.74) is 7.02. The topological polar surface area (TPSA) is 48.0 Å². The van der Waals surface area contributed by atoms with Crippen LogP contribution in [0, 0.1) is 12.8 Å².